The fourth-order valence-corrected chi connectivity index (χ4v) is 2.31. The van der Waals surface area contributed by atoms with E-state index in [1.807, 2.05) is 0 Å². The number of amides is 2. The summed E-state index contributed by atoms with van der Waals surface area (Å²) in [6.07, 6.45) is 1.39. The van der Waals surface area contributed by atoms with Crippen molar-refractivity contribution in [3.63, 3.8) is 0 Å². The molecule has 1 aliphatic heterocycles. The van der Waals surface area contributed by atoms with Crippen LogP contribution in [-0.4, -0.2) is 29.3 Å². The lowest BCUT2D eigenvalue weighted by Crippen LogP contribution is -2.43. The fraction of sp³-hybridized carbons (Fsp3) is 0.333. The predicted octanol–water partition coefficient (Wildman–Crippen LogP) is 1.01. The van der Waals surface area contributed by atoms with Crippen LogP contribution in [0.1, 0.15) is 23.2 Å². The van der Waals surface area contributed by atoms with Crippen molar-refractivity contribution in [3.05, 3.63) is 28.8 Å². The number of likely N-dealkylation sites (tertiary alicyclic amines) is 1. The largest absolute Gasteiger partial charge is 0.398 e. The summed E-state index contributed by atoms with van der Waals surface area (Å²) in [5, 5.41) is 0.329. The number of nitrogen functional groups attached to an aromatic ring is 1. The van der Waals surface area contributed by atoms with Gasteiger partial charge in [-0.15, -0.1) is 0 Å². The molecule has 1 heterocycles. The number of nitrogens with zero attached hydrogens (tertiary/aromatic N) is 1. The summed E-state index contributed by atoms with van der Waals surface area (Å²) >= 11 is 5.88. The molecule has 1 fully saturated rings. The van der Waals surface area contributed by atoms with Gasteiger partial charge in [-0.3, -0.25) is 9.59 Å². The second-order valence-electron chi connectivity index (χ2n) is 4.30. The molecule has 4 N–H and O–H groups in total. The van der Waals surface area contributed by atoms with Crippen LogP contribution >= 0.6 is 11.6 Å². The van der Waals surface area contributed by atoms with Gasteiger partial charge in [-0.1, -0.05) is 11.6 Å². The van der Waals surface area contributed by atoms with Crippen LogP contribution in [0, 0.1) is 0 Å². The van der Waals surface area contributed by atoms with Crippen LogP contribution in [0.2, 0.25) is 5.02 Å². The first-order valence-corrected chi connectivity index (χ1v) is 6.04. The Hall–Kier alpha value is -1.75. The van der Waals surface area contributed by atoms with Crippen LogP contribution in [0.25, 0.3) is 0 Å². The standard InChI is InChI=1S/C12H14ClN3O2/c13-8-6-7(3-4-9(8)14)12(18)16-5-1-2-10(16)11(15)17/h3-4,6,10H,1-2,5,14H2,(H2,15,17). The average Bonchev–Trinajstić information content (AvgIpc) is 2.81. The topological polar surface area (TPSA) is 89.4 Å². The summed E-state index contributed by atoms with van der Waals surface area (Å²) in [6.45, 7) is 0.536. The summed E-state index contributed by atoms with van der Waals surface area (Å²) in [5.74, 6) is -0.708. The van der Waals surface area contributed by atoms with Crippen molar-refractivity contribution in [2.75, 3.05) is 12.3 Å². The van der Waals surface area contributed by atoms with Crippen molar-refractivity contribution < 1.29 is 9.59 Å². The van der Waals surface area contributed by atoms with E-state index in [0.717, 1.165) is 6.42 Å². The first kappa shape index (κ1) is 12.7. The lowest BCUT2D eigenvalue weighted by Gasteiger charge is -2.22. The van der Waals surface area contributed by atoms with E-state index in [4.69, 9.17) is 23.1 Å². The Labute approximate surface area is 110 Å². The molecule has 1 aliphatic rings. The third kappa shape index (κ3) is 2.26. The van der Waals surface area contributed by atoms with Gasteiger partial charge in [0, 0.05) is 12.1 Å². The molecule has 1 unspecified atom stereocenters. The van der Waals surface area contributed by atoms with E-state index < -0.39 is 11.9 Å². The van der Waals surface area contributed by atoms with E-state index >= 15 is 0 Å². The van der Waals surface area contributed by atoms with E-state index in [2.05, 4.69) is 0 Å². The maximum Gasteiger partial charge on any atom is 0.254 e. The van der Waals surface area contributed by atoms with E-state index in [0.29, 0.717) is 29.2 Å². The predicted molar refractivity (Wildman–Crippen MR) is 69.1 cm³/mol. The summed E-state index contributed by atoms with van der Waals surface area (Å²) in [4.78, 5) is 25.0. The van der Waals surface area contributed by atoms with Gasteiger partial charge in [0.15, 0.2) is 0 Å². The first-order chi connectivity index (χ1) is 8.50. The smallest absolute Gasteiger partial charge is 0.254 e. The number of nitrogens with two attached hydrogens (primary N) is 2. The number of benzene rings is 1. The van der Waals surface area contributed by atoms with Crippen LogP contribution in [0.4, 0.5) is 5.69 Å². The molecule has 0 aromatic heterocycles. The van der Waals surface area contributed by atoms with E-state index in [-0.39, 0.29) is 5.91 Å². The molecular formula is C12H14ClN3O2. The molecule has 2 rings (SSSR count). The van der Waals surface area contributed by atoms with Gasteiger partial charge in [0.1, 0.15) is 6.04 Å². The van der Waals surface area contributed by atoms with Gasteiger partial charge in [-0.25, -0.2) is 0 Å². The molecule has 1 saturated heterocycles. The minimum Gasteiger partial charge on any atom is -0.398 e. The number of carbonyl (C=O) groups excluding carboxylic acids is 2. The second-order valence-corrected chi connectivity index (χ2v) is 4.70. The monoisotopic (exact) mass is 267 g/mol. The Balaban J connectivity index is 2.25. The van der Waals surface area contributed by atoms with Gasteiger partial charge < -0.3 is 16.4 Å². The van der Waals surface area contributed by atoms with E-state index in [1.54, 1.807) is 12.1 Å². The third-order valence-electron chi connectivity index (χ3n) is 3.09. The van der Waals surface area contributed by atoms with Crippen molar-refractivity contribution in [1.82, 2.24) is 4.90 Å². The van der Waals surface area contributed by atoms with Gasteiger partial charge in [0.2, 0.25) is 5.91 Å². The van der Waals surface area contributed by atoms with Crippen LogP contribution < -0.4 is 11.5 Å². The molecule has 0 spiro atoms. The molecule has 1 aromatic carbocycles. The fourth-order valence-electron chi connectivity index (χ4n) is 2.13. The first-order valence-electron chi connectivity index (χ1n) is 5.66. The Morgan fingerprint density at radius 3 is 2.72 bits per heavy atom. The SMILES string of the molecule is NC(=O)C1CCCN1C(=O)c1ccc(N)c(Cl)c1. The molecule has 0 bridgehead atoms. The maximum atomic E-state index is 12.2. The molecule has 96 valence electrons. The van der Waals surface area contributed by atoms with E-state index in [9.17, 15) is 9.59 Å². The highest BCUT2D eigenvalue weighted by atomic mass is 35.5. The highest BCUT2D eigenvalue weighted by Gasteiger charge is 2.33. The molecule has 18 heavy (non-hydrogen) atoms. The van der Waals surface area contributed by atoms with Crippen molar-refractivity contribution in [2.45, 2.75) is 18.9 Å². The van der Waals surface area contributed by atoms with Gasteiger partial charge in [0.05, 0.1) is 10.7 Å². The molecule has 5 nitrogen and oxygen atoms in total. The molecule has 0 aliphatic carbocycles. The van der Waals surface area contributed by atoms with Gasteiger partial charge in [0.25, 0.3) is 5.91 Å². The lowest BCUT2D eigenvalue weighted by molar-refractivity contribution is -0.121. The van der Waals surface area contributed by atoms with Crippen LogP contribution in [0.15, 0.2) is 18.2 Å². The van der Waals surface area contributed by atoms with Crippen molar-refractivity contribution in [1.29, 1.82) is 0 Å². The second kappa shape index (κ2) is 4.86. The highest BCUT2D eigenvalue weighted by Crippen LogP contribution is 2.24. The number of primary amides is 1. The molecule has 0 radical (unpaired) electrons. The molecule has 6 heteroatoms. The van der Waals surface area contributed by atoms with Crippen LogP contribution in [0.3, 0.4) is 0 Å². The zero-order valence-corrected chi connectivity index (χ0v) is 10.5. The normalized spacial score (nSPS) is 18.9. The van der Waals surface area contributed by atoms with Crippen molar-refractivity contribution in [2.24, 2.45) is 5.73 Å². The van der Waals surface area contributed by atoms with Crippen molar-refractivity contribution in [3.8, 4) is 0 Å². The number of rotatable bonds is 2. The summed E-state index contributed by atoms with van der Waals surface area (Å²) in [6, 6.07) is 4.16. The van der Waals surface area contributed by atoms with Crippen molar-refractivity contribution >= 4 is 29.1 Å². The molecule has 2 amide bonds. The third-order valence-corrected chi connectivity index (χ3v) is 3.42. The van der Waals surface area contributed by atoms with E-state index in [1.165, 1.54) is 11.0 Å². The maximum absolute atomic E-state index is 12.2. The number of hydrogen-bond donors (Lipinski definition) is 2. The number of anilines is 1. The molecule has 0 saturated carbocycles. The summed E-state index contributed by atoms with van der Waals surface area (Å²) in [7, 11) is 0. The Morgan fingerprint density at radius 2 is 2.11 bits per heavy atom. The summed E-state index contributed by atoms with van der Waals surface area (Å²) < 4.78 is 0. The Kier molecular flexibility index (Phi) is 3.43. The van der Waals surface area contributed by atoms with Gasteiger partial charge in [-0.05, 0) is 31.0 Å². The zero-order valence-electron chi connectivity index (χ0n) is 9.73. The number of carbonyl (C=O) groups is 2. The van der Waals surface area contributed by atoms with Crippen LogP contribution in [-0.2, 0) is 4.79 Å². The molecule has 1 atom stereocenters. The molecular weight excluding hydrogens is 254 g/mol. The lowest BCUT2D eigenvalue weighted by atomic mass is 10.1. The number of halogens is 1. The van der Waals surface area contributed by atoms with Crippen LogP contribution in [0.5, 0.6) is 0 Å². The minimum atomic E-state index is -0.520. The zero-order chi connectivity index (χ0) is 13.3. The summed E-state index contributed by atoms with van der Waals surface area (Å²) in [5.41, 5.74) is 11.7. The minimum absolute atomic E-state index is 0.238. The van der Waals surface area contributed by atoms with Gasteiger partial charge in [-0.2, -0.15) is 0 Å². The highest BCUT2D eigenvalue weighted by molar-refractivity contribution is 6.33. The Bertz CT molecular complexity index is 504. The molecule has 1 aromatic rings. The number of hydrogen-bond acceptors (Lipinski definition) is 3. The Morgan fingerprint density at radius 1 is 1.39 bits per heavy atom. The van der Waals surface area contributed by atoms with Gasteiger partial charge >= 0.3 is 0 Å². The average molecular weight is 268 g/mol. The quantitative estimate of drug-likeness (QED) is 0.784.